The number of methoxy groups -OCH3 is 1. The molecule has 0 aromatic heterocycles. The highest BCUT2D eigenvalue weighted by Gasteiger charge is 2.18. The van der Waals surface area contributed by atoms with Crippen LogP contribution in [0.4, 0.5) is 0 Å². The summed E-state index contributed by atoms with van der Waals surface area (Å²) in [6, 6.07) is 0. The quantitative estimate of drug-likeness (QED) is 0.658. The molecule has 0 rings (SSSR count). The molecule has 0 heterocycles. The van der Waals surface area contributed by atoms with E-state index in [1.165, 1.54) is 0 Å². The monoisotopic (exact) mass is 207 g/mol. The van der Waals surface area contributed by atoms with Gasteiger partial charge in [0.2, 0.25) is 0 Å². The van der Waals surface area contributed by atoms with E-state index in [1.807, 2.05) is 0 Å². The van der Waals surface area contributed by atoms with E-state index in [2.05, 4.69) is 11.9 Å². The van der Waals surface area contributed by atoms with Crippen molar-refractivity contribution >= 4 is 11.6 Å². The number of nitrogens with one attached hydrogen (secondary N) is 1. The minimum atomic E-state index is -0.748. The lowest BCUT2D eigenvalue weighted by atomic mass is 10.0. The van der Waals surface area contributed by atoms with E-state index in [-0.39, 0.29) is 0 Å². The third-order valence-corrected chi connectivity index (χ3v) is 1.80. The second-order valence-electron chi connectivity index (χ2n) is 3.36. The second-order valence-corrected chi connectivity index (χ2v) is 3.90. The Morgan fingerprint density at radius 3 is 2.77 bits per heavy atom. The Morgan fingerprint density at radius 1 is 1.69 bits per heavy atom. The highest BCUT2D eigenvalue weighted by Crippen LogP contribution is 2.07. The van der Waals surface area contributed by atoms with Crippen LogP contribution in [0.15, 0.2) is 11.6 Å². The molecule has 0 aromatic carbocycles. The van der Waals surface area contributed by atoms with Crippen LogP contribution in [0.3, 0.4) is 0 Å². The van der Waals surface area contributed by atoms with E-state index >= 15 is 0 Å². The minimum absolute atomic E-state index is 0.488. The summed E-state index contributed by atoms with van der Waals surface area (Å²) in [5.74, 6) is 0. The van der Waals surface area contributed by atoms with Gasteiger partial charge in [-0.15, -0.1) is 0 Å². The molecule has 0 saturated carbocycles. The Morgan fingerprint density at radius 2 is 2.31 bits per heavy atom. The van der Waals surface area contributed by atoms with Crippen molar-refractivity contribution in [3.63, 3.8) is 0 Å². The van der Waals surface area contributed by atoms with E-state index in [0.29, 0.717) is 31.1 Å². The van der Waals surface area contributed by atoms with Gasteiger partial charge in [0.25, 0.3) is 0 Å². The molecule has 0 saturated heterocycles. The number of ether oxygens (including phenoxy) is 1. The molecule has 0 radical (unpaired) electrons. The zero-order valence-electron chi connectivity index (χ0n) is 8.27. The average Bonchev–Trinajstić information content (AvgIpc) is 2.00. The minimum Gasteiger partial charge on any atom is -0.389 e. The molecule has 1 unspecified atom stereocenters. The Bertz CT molecular complexity index is 160. The van der Waals surface area contributed by atoms with Crippen LogP contribution in [0.5, 0.6) is 0 Å². The van der Waals surface area contributed by atoms with Gasteiger partial charge in [0, 0.05) is 38.3 Å². The average molecular weight is 208 g/mol. The molecule has 0 aromatic rings. The number of halogens is 1. The highest BCUT2D eigenvalue weighted by molar-refractivity contribution is 6.29. The summed E-state index contributed by atoms with van der Waals surface area (Å²) in [6.45, 7) is 6.85. The van der Waals surface area contributed by atoms with Gasteiger partial charge < -0.3 is 15.2 Å². The predicted octanol–water partition coefficient (Wildman–Crippen LogP) is 1.12. The molecule has 0 aliphatic rings. The summed E-state index contributed by atoms with van der Waals surface area (Å²) < 4.78 is 4.87. The number of aliphatic hydroxyl groups is 1. The normalized spacial score (nSPS) is 15.4. The van der Waals surface area contributed by atoms with Crippen LogP contribution in [0.25, 0.3) is 0 Å². The molecule has 0 amide bonds. The van der Waals surface area contributed by atoms with Gasteiger partial charge in [0.15, 0.2) is 0 Å². The van der Waals surface area contributed by atoms with Crippen molar-refractivity contribution in [3.05, 3.63) is 11.6 Å². The van der Waals surface area contributed by atoms with E-state index < -0.39 is 5.60 Å². The van der Waals surface area contributed by atoms with Gasteiger partial charge in [-0.2, -0.15) is 0 Å². The first kappa shape index (κ1) is 12.9. The van der Waals surface area contributed by atoms with Crippen LogP contribution in [0, 0.1) is 0 Å². The molecular weight excluding hydrogens is 190 g/mol. The molecule has 0 aliphatic carbocycles. The maximum Gasteiger partial charge on any atom is 0.0765 e. The largest absolute Gasteiger partial charge is 0.389 e. The Hall–Kier alpha value is -0.0900. The van der Waals surface area contributed by atoms with Gasteiger partial charge in [0.05, 0.1) is 5.60 Å². The maximum absolute atomic E-state index is 9.74. The van der Waals surface area contributed by atoms with Gasteiger partial charge in [-0.05, 0) is 6.92 Å². The van der Waals surface area contributed by atoms with Crippen molar-refractivity contribution in [2.75, 3.05) is 26.8 Å². The van der Waals surface area contributed by atoms with E-state index in [9.17, 15) is 5.11 Å². The SMILES string of the molecule is C=C(Cl)CNCC(C)(O)CCOC. The summed E-state index contributed by atoms with van der Waals surface area (Å²) in [5, 5.41) is 13.3. The topological polar surface area (TPSA) is 41.5 Å². The Kier molecular flexibility index (Phi) is 6.33. The number of hydrogen-bond acceptors (Lipinski definition) is 3. The highest BCUT2D eigenvalue weighted by atomic mass is 35.5. The first-order chi connectivity index (χ1) is 5.98. The summed E-state index contributed by atoms with van der Waals surface area (Å²) in [5.41, 5.74) is -0.748. The predicted molar refractivity (Wildman–Crippen MR) is 55.0 cm³/mol. The van der Waals surface area contributed by atoms with Crippen LogP contribution in [-0.4, -0.2) is 37.5 Å². The van der Waals surface area contributed by atoms with Crippen molar-refractivity contribution in [2.24, 2.45) is 0 Å². The van der Waals surface area contributed by atoms with Gasteiger partial charge in [0.1, 0.15) is 0 Å². The number of hydrogen-bond donors (Lipinski definition) is 2. The zero-order chi connectivity index (χ0) is 10.3. The molecule has 4 heteroatoms. The van der Waals surface area contributed by atoms with E-state index in [0.717, 1.165) is 0 Å². The van der Waals surface area contributed by atoms with Crippen molar-refractivity contribution in [3.8, 4) is 0 Å². The van der Waals surface area contributed by atoms with Crippen LogP contribution in [0.2, 0.25) is 0 Å². The molecule has 0 fully saturated rings. The number of rotatable bonds is 7. The molecule has 0 bridgehead atoms. The lowest BCUT2D eigenvalue weighted by Crippen LogP contribution is -2.39. The lowest BCUT2D eigenvalue weighted by molar-refractivity contribution is 0.0257. The summed E-state index contributed by atoms with van der Waals surface area (Å²) in [7, 11) is 1.62. The van der Waals surface area contributed by atoms with Gasteiger partial charge in [-0.25, -0.2) is 0 Å². The summed E-state index contributed by atoms with van der Waals surface area (Å²) >= 11 is 5.55. The fraction of sp³-hybridized carbons (Fsp3) is 0.778. The van der Waals surface area contributed by atoms with Gasteiger partial charge in [-0.1, -0.05) is 18.2 Å². The molecule has 0 spiro atoms. The van der Waals surface area contributed by atoms with Crippen molar-refractivity contribution < 1.29 is 9.84 Å². The van der Waals surface area contributed by atoms with Crippen LogP contribution >= 0.6 is 11.6 Å². The third kappa shape index (κ3) is 8.25. The van der Waals surface area contributed by atoms with Gasteiger partial charge >= 0.3 is 0 Å². The first-order valence-electron chi connectivity index (χ1n) is 4.23. The van der Waals surface area contributed by atoms with Crippen LogP contribution < -0.4 is 5.32 Å². The Labute approximate surface area is 84.7 Å². The first-order valence-corrected chi connectivity index (χ1v) is 4.61. The van der Waals surface area contributed by atoms with Crippen molar-refractivity contribution in [1.82, 2.24) is 5.32 Å². The maximum atomic E-state index is 9.74. The van der Waals surface area contributed by atoms with Crippen molar-refractivity contribution in [2.45, 2.75) is 18.9 Å². The molecule has 1 atom stereocenters. The summed E-state index contributed by atoms with van der Waals surface area (Å²) in [6.07, 6.45) is 0.602. The third-order valence-electron chi connectivity index (χ3n) is 1.67. The van der Waals surface area contributed by atoms with Gasteiger partial charge in [-0.3, -0.25) is 0 Å². The fourth-order valence-electron chi connectivity index (χ4n) is 0.878. The molecule has 2 N–H and O–H groups in total. The lowest BCUT2D eigenvalue weighted by Gasteiger charge is -2.23. The molecule has 3 nitrogen and oxygen atoms in total. The molecular formula is C9H18ClNO2. The smallest absolute Gasteiger partial charge is 0.0765 e. The van der Waals surface area contributed by atoms with E-state index in [4.69, 9.17) is 16.3 Å². The molecule has 13 heavy (non-hydrogen) atoms. The molecule has 78 valence electrons. The molecule has 0 aliphatic heterocycles. The van der Waals surface area contributed by atoms with Crippen LogP contribution in [-0.2, 0) is 4.74 Å². The zero-order valence-corrected chi connectivity index (χ0v) is 9.02. The van der Waals surface area contributed by atoms with Crippen LogP contribution in [0.1, 0.15) is 13.3 Å². The van der Waals surface area contributed by atoms with E-state index in [1.54, 1.807) is 14.0 Å². The van der Waals surface area contributed by atoms with Crippen molar-refractivity contribution in [1.29, 1.82) is 0 Å². The fourth-order valence-corrected chi connectivity index (χ4v) is 0.972. The summed E-state index contributed by atoms with van der Waals surface area (Å²) in [4.78, 5) is 0. The second kappa shape index (κ2) is 6.38. The standard InChI is InChI=1S/C9H18ClNO2/c1-8(10)6-11-7-9(2,12)4-5-13-3/h11-12H,1,4-7H2,2-3H3. The Balaban J connectivity index is 3.56.